The number of para-hydroxylation sites is 1. The fourth-order valence-electron chi connectivity index (χ4n) is 2.44. The van der Waals surface area contributed by atoms with Crippen LogP contribution < -0.4 is 5.43 Å². The number of hydrogen-bond acceptors (Lipinski definition) is 4. The van der Waals surface area contributed by atoms with Crippen LogP contribution in [0.1, 0.15) is 25.0 Å². The Morgan fingerprint density at radius 1 is 1.26 bits per heavy atom. The third-order valence-corrected chi connectivity index (χ3v) is 3.42. The molecule has 1 aliphatic heterocycles. The monoisotopic (exact) mass is 259 g/mol. The first-order valence-electron chi connectivity index (χ1n) is 6.70. The maximum Gasteiger partial charge on any atom is 0.240 e. The molecule has 0 bridgehead atoms. The summed E-state index contributed by atoms with van der Waals surface area (Å²) < 4.78 is 5.20. The maximum atomic E-state index is 12.0. The second kappa shape index (κ2) is 5.40. The summed E-state index contributed by atoms with van der Waals surface area (Å²) in [6, 6.07) is 7.60. The van der Waals surface area contributed by atoms with E-state index in [1.54, 1.807) is 0 Å². The zero-order valence-corrected chi connectivity index (χ0v) is 10.8. The lowest BCUT2D eigenvalue weighted by Crippen LogP contribution is -2.45. The van der Waals surface area contributed by atoms with Gasteiger partial charge in [-0.1, -0.05) is 23.7 Å². The lowest BCUT2D eigenvalue weighted by Gasteiger charge is -2.26. The highest BCUT2D eigenvalue weighted by atomic mass is 16.5. The SMILES string of the molecule is O=C(Cc1noc2ccccc12)NN1CCCCC1. The Balaban J connectivity index is 1.65. The van der Waals surface area contributed by atoms with Crippen LogP contribution in [-0.2, 0) is 11.2 Å². The van der Waals surface area contributed by atoms with Gasteiger partial charge in [-0.15, -0.1) is 0 Å². The Bertz CT molecular complexity index is 573. The predicted octanol–water partition coefficient (Wildman–Crippen LogP) is 1.89. The zero-order valence-electron chi connectivity index (χ0n) is 10.8. The number of nitrogens with one attached hydrogen (secondary N) is 1. The highest BCUT2D eigenvalue weighted by Crippen LogP contribution is 2.18. The molecule has 0 unspecified atom stereocenters. The van der Waals surface area contributed by atoms with Gasteiger partial charge in [0.1, 0.15) is 5.69 Å². The van der Waals surface area contributed by atoms with Gasteiger partial charge in [-0.05, 0) is 25.0 Å². The van der Waals surface area contributed by atoms with Crippen molar-refractivity contribution in [3.05, 3.63) is 30.0 Å². The molecular formula is C14H17N3O2. The molecule has 0 saturated carbocycles. The molecule has 5 heteroatoms. The summed E-state index contributed by atoms with van der Waals surface area (Å²) in [4.78, 5) is 12.0. The van der Waals surface area contributed by atoms with Crippen LogP contribution in [-0.4, -0.2) is 29.2 Å². The van der Waals surface area contributed by atoms with Gasteiger partial charge in [0, 0.05) is 18.5 Å². The number of nitrogens with zero attached hydrogens (tertiary/aromatic N) is 2. The van der Waals surface area contributed by atoms with Gasteiger partial charge < -0.3 is 4.52 Å². The molecule has 1 fully saturated rings. The minimum Gasteiger partial charge on any atom is -0.356 e. The van der Waals surface area contributed by atoms with Crippen LogP contribution in [0.15, 0.2) is 28.8 Å². The second-order valence-corrected chi connectivity index (χ2v) is 4.88. The first-order valence-corrected chi connectivity index (χ1v) is 6.70. The maximum absolute atomic E-state index is 12.0. The molecule has 19 heavy (non-hydrogen) atoms. The van der Waals surface area contributed by atoms with Gasteiger partial charge >= 0.3 is 0 Å². The topological polar surface area (TPSA) is 58.4 Å². The van der Waals surface area contributed by atoms with E-state index in [0.717, 1.165) is 36.9 Å². The largest absolute Gasteiger partial charge is 0.356 e. The summed E-state index contributed by atoms with van der Waals surface area (Å²) >= 11 is 0. The molecule has 0 aliphatic carbocycles. The molecule has 0 atom stereocenters. The smallest absolute Gasteiger partial charge is 0.240 e. The molecule has 0 spiro atoms. The van der Waals surface area contributed by atoms with Crippen molar-refractivity contribution in [1.29, 1.82) is 0 Å². The van der Waals surface area contributed by atoms with Crippen LogP contribution in [0, 0.1) is 0 Å². The third kappa shape index (κ3) is 2.76. The van der Waals surface area contributed by atoms with Crippen molar-refractivity contribution in [2.75, 3.05) is 13.1 Å². The van der Waals surface area contributed by atoms with Crippen LogP contribution >= 0.6 is 0 Å². The van der Waals surface area contributed by atoms with Gasteiger partial charge in [-0.25, -0.2) is 5.01 Å². The number of benzene rings is 1. The third-order valence-electron chi connectivity index (χ3n) is 3.42. The van der Waals surface area contributed by atoms with Crippen LogP contribution in [0.2, 0.25) is 0 Å². The molecule has 3 rings (SSSR count). The zero-order chi connectivity index (χ0) is 13.1. The normalized spacial score (nSPS) is 16.6. The highest BCUT2D eigenvalue weighted by Gasteiger charge is 2.15. The molecule has 1 aromatic heterocycles. The van der Waals surface area contributed by atoms with Crippen molar-refractivity contribution in [2.24, 2.45) is 0 Å². The summed E-state index contributed by atoms with van der Waals surface area (Å²) in [5, 5.41) is 6.88. The van der Waals surface area contributed by atoms with E-state index in [4.69, 9.17) is 4.52 Å². The fraction of sp³-hybridized carbons (Fsp3) is 0.429. The number of carbonyl (C=O) groups is 1. The fourth-order valence-corrected chi connectivity index (χ4v) is 2.44. The Morgan fingerprint density at radius 2 is 2.05 bits per heavy atom. The van der Waals surface area contributed by atoms with E-state index in [1.165, 1.54) is 6.42 Å². The molecule has 0 radical (unpaired) electrons. The molecule has 5 nitrogen and oxygen atoms in total. The van der Waals surface area contributed by atoms with Crippen LogP contribution in [0.3, 0.4) is 0 Å². The van der Waals surface area contributed by atoms with Crippen molar-refractivity contribution in [3.63, 3.8) is 0 Å². The van der Waals surface area contributed by atoms with Crippen LogP contribution in [0.4, 0.5) is 0 Å². The number of amides is 1. The van der Waals surface area contributed by atoms with E-state index in [1.807, 2.05) is 29.3 Å². The Hall–Kier alpha value is -1.88. The van der Waals surface area contributed by atoms with E-state index in [0.29, 0.717) is 5.69 Å². The summed E-state index contributed by atoms with van der Waals surface area (Å²) in [6.45, 7) is 1.87. The first-order chi connectivity index (χ1) is 9.33. The van der Waals surface area contributed by atoms with Gasteiger partial charge in [0.25, 0.3) is 0 Å². The molecule has 1 aliphatic rings. The molecule has 1 saturated heterocycles. The van der Waals surface area contributed by atoms with Crippen molar-refractivity contribution >= 4 is 16.9 Å². The molecule has 1 aromatic carbocycles. The number of hydrazine groups is 1. The number of carbonyl (C=O) groups excluding carboxylic acids is 1. The highest BCUT2D eigenvalue weighted by molar-refractivity contribution is 5.85. The summed E-state index contributed by atoms with van der Waals surface area (Å²) in [7, 11) is 0. The van der Waals surface area contributed by atoms with Gasteiger partial charge in [-0.3, -0.25) is 10.2 Å². The quantitative estimate of drug-likeness (QED) is 0.914. The van der Waals surface area contributed by atoms with E-state index >= 15 is 0 Å². The minimum atomic E-state index is -0.0269. The minimum absolute atomic E-state index is 0.0269. The standard InChI is InChI=1S/C14H17N3O2/c18-14(15-17-8-4-1-5-9-17)10-12-11-6-2-3-7-13(11)19-16-12/h2-3,6-7H,1,4-5,8-10H2,(H,15,18). The Labute approximate surface area is 111 Å². The molecular weight excluding hydrogens is 242 g/mol. The Morgan fingerprint density at radius 3 is 2.89 bits per heavy atom. The summed E-state index contributed by atoms with van der Waals surface area (Å²) in [6.07, 6.45) is 3.80. The van der Waals surface area contributed by atoms with Crippen LogP contribution in [0.5, 0.6) is 0 Å². The number of piperidine rings is 1. The second-order valence-electron chi connectivity index (χ2n) is 4.88. The summed E-state index contributed by atoms with van der Waals surface area (Å²) in [5.74, 6) is -0.0269. The lowest BCUT2D eigenvalue weighted by molar-refractivity contribution is -0.125. The van der Waals surface area contributed by atoms with Gasteiger partial charge in [0.2, 0.25) is 5.91 Å². The number of aromatic nitrogens is 1. The summed E-state index contributed by atoms with van der Waals surface area (Å²) in [5.41, 5.74) is 4.36. The van der Waals surface area contributed by atoms with E-state index in [2.05, 4.69) is 10.6 Å². The molecule has 100 valence electrons. The average Bonchev–Trinajstić information content (AvgIpc) is 2.83. The Kier molecular flexibility index (Phi) is 3.46. The lowest BCUT2D eigenvalue weighted by atomic mass is 10.1. The van der Waals surface area contributed by atoms with Gasteiger partial charge in [-0.2, -0.15) is 0 Å². The number of hydrogen-bond donors (Lipinski definition) is 1. The van der Waals surface area contributed by atoms with Gasteiger partial charge in [0.15, 0.2) is 5.58 Å². The van der Waals surface area contributed by atoms with Gasteiger partial charge in [0.05, 0.1) is 6.42 Å². The molecule has 1 amide bonds. The van der Waals surface area contributed by atoms with E-state index in [9.17, 15) is 4.79 Å². The van der Waals surface area contributed by atoms with E-state index in [-0.39, 0.29) is 12.3 Å². The number of fused-ring (bicyclic) bond motifs is 1. The van der Waals surface area contributed by atoms with E-state index < -0.39 is 0 Å². The van der Waals surface area contributed by atoms with Crippen molar-refractivity contribution in [1.82, 2.24) is 15.6 Å². The molecule has 2 heterocycles. The molecule has 1 N–H and O–H groups in total. The van der Waals surface area contributed by atoms with Crippen molar-refractivity contribution in [2.45, 2.75) is 25.7 Å². The molecule has 2 aromatic rings. The number of rotatable bonds is 3. The average molecular weight is 259 g/mol. The van der Waals surface area contributed by atoms with Crippen LogP contribution in [0.25, 0.3) is 11.0 Å². The van der Waals surface area contributed by atoms with Crippen molar-refractivity contribution in [3.8, 4) is 0 Å². The van der Waals surface area contributed by atoms with Crippen molar-refractivity contribution < 1.29 is 9.32 Å². The predicted molar refractivity (Wildman–Crippen MR) is 71.3 cm³/mol. The first kappa shape index (κ1) is 12.2.